The molecule has 1 fully saturated rings. The molecule has 0 radical (unpaired) electrons. The number of carbonyl (C=O) groups excluding carboxylic acids is 1. The molecule has 0 N–H and O–H groups in total. The zero-order valence-corrected chi connectivity index (χ0v) is 15.2. The second kappa shape index (κ2) is 6.83. The molecule has 4 rings (SSSR count). The monoisotopic (exact) mass is 349 g/mol. The van der Waals surface area contributed by atoms with Gasteiger partial charge in [-0.3, -0.25) is 4.79 Å². The average molecular weight is 349 g/mol. The van der Waals surface area contributed by atoms with Gasteiger partial charge in [-0.05, 0) is 50.2 Å². The minimum Gasteiger partial charge on any atom is -0.494 e. The van der Waals surface area contributed by atoms with Crippen LogP contribution in [-0.2, 0) is 11.3 Å². The van der Waals surface area contributed by atoms with Crippen LogP contribution >= 0.6 is 0 Å². The Balaban J connectivity index is 1.62. The smallest absolute Gasteiger partial charge is 0.227 e. The van der Waals surface area contributed by atoms with Crippen molar-refractivity contribution in [3.05, 3.63) is 54.4 Å². The van der Waals surface area contributed by atoms with Crippen molar-refractivity contribution < 1.29 is 9.53 Å². The van der Waals surface area contributed by atoms with Crippen LogP contribution in [0.2, 0.25) is 0 Å². The van der Waals surface area contributed by atoms with E-state index in [0.717, 1.165) is 34.8 Å². The van der Waals surface area contributed by atoms with Gasteiger partial charge < -0.3 is 14.2 Å². The summed E-state index contributed by atoms with van der Waals surface area (Å²) in [5, 5.41) is 0. The Morgan fingerprint density at radius 3 is 2.62 bits per heavy atom. The SMILES string of the molecule is CCOc1ccc(N2C[C@@H](c3nc4ccccc4n3CC)CC2=O)cc1. The van der Waals surface area contributed by atoms with Crippen LogP contribution in [0, 0.1) is 0 Å². The molecule has 5 nitrogen and oxygen atoms in total. The molecule has 1 atom stereocenters. The summed E-state index contributed by atoms with van der Waals surface area (Å²) in [6.07, 6.45) is 0.497. The Kier molecular flexibility index (Phi) is 4.37. The quantitative estimate of drug-likeness (QED) is 0.700. The highest BCUT2D eigenvalue weighted by atomic mass is 16.5. The van der Waals surface area contributed by atoms with Gasteiger partial charge in [0.2, 0.25) is 5.91 Å². The van der Waals surface area contributed by atoms with Crippen molar-refractivity contribution in [1.29, 1.82) is 0 Å². The molecule has 1 saturated heterocycles. The van der Waals surface area contributed by atoms with Crippen LogP contribution in [0.4, 0.5) is 5.69 Å². The number of imidazole rings is 1. The van der Waals surface area contributed by atoms with Gasteiger partial charge in [-0.2, -0.15) is 0 Å². The largest absolute Gasteiger partial charge is 0.494 e. The van der Waals surface area contributed by atoms with Crippen molar-refractivity contribution in [3.63, 3.8) is 0 Å². The molecule has 0 saturated carbocycles. The molecular weight excluding hydrogens is 326 g/mol. The number of rotatable bonds is 5. The summed E-state index contributed by atoms with van der Waals surface area (Å²) < 4.78 is 7.72. The molecule has 1 aliphatic heterocycles. The van der Waals surface area contributed by atoms with E-state index in [2.05, 4.69) is 17.6 Å². The van der Waals surface area contributed by atoms with Crippen LogP contribution in [0.25, 0.3) is 11.0 Å². The summed E-state index contributed by atoms with van der Waals surface area (Å²) in [5.41, 5.74) is 3.05. The van der Waals surface area contributed by atoms with E-state index in [-0.39, 0.29) is 11.8 Å². The van der Waals surface area contributed by atoms with Gasteiger partial charge in [0, 0.05) is 31.1 Å². The number of anilines is 1. The van der Waals surface area contributed by atoms with Crippen molar-refractivity contribution in [2.75, 3.05) is 18.1 Å². The van der Waals surface area contributed by atoms with E-state index in [1.165, 1.54) is 0 Å². The van der Waals surface area contributed by atoms with E-state index >= 15 is 0 Å². The highest BCUT2D eigenvalue weighted by molar-refractivity contribution is 5.96. The third-order valence-electron chi connectivity index (χ3n) is 4.95. The van der Waals surface area contributed by atoms with Crippen LogP contribution in [0.1, 0.15) is 32.0 Å². The average Bonchev–Trinajstić information content (AvgIpc) is 3.23. The summed E-state index contributed by atoms with van der Waals surface area (Å²) in [4.78, 5) is 19.3. The molecule has 0 unspecified atom stereocenters. The van der Waals surface area contributed by atoms with Gasteiger partial charge in [0.05, 0.1) is 17.6 Å². The topological polar surface area (TPSA) is 47.4 Å². The van der Waals surface area contributed by atoms with Crippen molar-refractivity contribution in [3.8, 4) is 5.75 Å². The van der Waals surface area contributed by atoms with Crippen molar-refractivity contribution >= 4 is 22.6 Å². The number of hydrogen-bond acceptors (Lipinski definition) is 3. The van der Waals surface area contributed by atoms with E-state index in [4.69, 9.17) is 9.72 Å². The maximum Gasteiger partial charge on any atom is 0.227 e. The lowest BCUT2D eigenvalue weighted by molar-refractivity contribution is -0.117. The number of amides is 1. The van der Waals surface area contributed by atoms with Gasteiger partial charge in [0.15, 0.2) is 0 Å². The highest BCUT2D eigenvalue weighted by Crippen LogP contribution is 2.33. The zero-order valence-electron chi connectivity index (χ0n) is 15.2. The van der Waals surface area contributed by atoms with Gasteiger partial charge in [-0.25, -0.2) is 4.98 Å². The molecule has 2 aromatic carbocycles. The summed E-state index contributed by atoms with van der Waals surface area (Å²) in [6.45, 7) is 6.23. The van der Waals surface area contributed by atoms with E-state index < -0.39 is 0 Å². The second-order valence-corrected chi connectivity index (χ2v) is 6.54. The lowest BCUT2D eigenvalue weighted by atomic mass is 10.1. The molecule has 5 heteroatoms. The molecule has 0 spiro atoms. The van der Waals surface area contributed by atoms with Crippen LogP contribution in [-0.4, -0.2) is 28.6 Å². The predicted octanol–water partition coefficient (Wildman–Crippen LogP) is 3.98. The Morgan fingerprint density at radius 2 is 1.88 bits per heavy atom. The van der Waals surface area contributed by atoms with Crippen LogP contribution in [0.3, 0.4) is 0 Å². The van der Waals surface area contributed by atoms with E-state index in [1.54, 1.807) is 0 Å². The molecule has 0 bridgehead atoms. The number of carbonyl (C=O) groups is 1. The molecule has 3 aromatic rings. The number of aryl methyl sites for hydroxylation is 1. The number of nitrogens with zero attached hydrogens (tertiary/aromatic N) is 3. The van der Waals surface area contributed by atoms with Gasteiger partial charge in [0.25, 0.3) is 0 Å². The van der Waals surface area contributed by atoms with E-state index in [9.17, 15) is 4.79 Å². The predicted molar refractivity (Wildman–Crippen MR) is 103 cm³/mol. The fraction of sp³-hybridized carbons (Fsp3) is 0.333. The summed E-state index contributed by atoms with van der Waals surface area (Å²) in [7, 11) is 0. The first kappa shape index (κ1) is 16.6. The standard InChI is InChI=1S/C21H23N3O2/c1-3-23-19-8-6-5-7-18(19)22-21(23)15-13-20(25)24(14-15)16-9-11-17(12-10-16)26-4-2/h5-12,15H,3-4,13-14H2,1-2H3/t15-/m0/s1. The van der Waals surface area contributed by atoms with Gasteiger partial charge >= 0.3 is 0 Å². The second-order valence-electron chi connectivity index (χ2n) is 6.54. The molecule has 0 aliphatic carbocycles. The molecule has 1 amide bonds. The lowest BCUT2D eigenvalue weighted by Crippen LogP contribution is -2.24. The molecular formula is C21H23N3O2. The number of ether oxygens (including phenoxy) is 1. The normalized spacial score (nSPS) is 17.2. The first-order valence-corrected chi connectivity index (χ1v) is 9.19. The van der Waals surface area contributed by atoms with Gasteiger partial charge in [-0.15, -0.1) is 0 Å². The number of benzene rings is 2. The number of fused-ring (bicyclic) bond motifs is 1. The van der Waals surface area contributed by atoms with Crippen molar-refractivity contribution in [2.45, 2.75) is 32.7 Å². The van der Waals surface area contributed by atoms with Crippen molar-refractivity contribution in [1.82, 2.24) is 9.55 Å². The molecule has 134 valence electrons. The number of hydrogen-bond donors (Lipinski definition) is 0. The molecule has 1 aliphatic rings. The molecule has 1 aromatic heterocycles. The molecule has 26 heavy (non-hydrogen) atoms. The van der Waals surface area contributed by atoms with E-state index in [1.807, 2.05) is 54.3 Å². The summed E-state index contributed by atoms with van der Waals surface area (Å²) in [5.74, 6) is 2.10. The summed E-state index contributed by atoms with van der Waals surface area (Å²) in [6, 6.07) is 15.9. The first-order valence-electron chi connectivity index (χ1n) is 9.19. The maximum atomic E-state index is 12.6. The highest BCUT2D eigenvalue weighted by Gasteiger charge is 2.34. The Morgan fingerprint density at radius 1 is 1.12 bits per heavy atom. The molecule has 2 heterocycles. The fourth-order valence-corrected chi connectivity index (χ4v) is 3.76. The van der Waals surface area contributed by atoms with Crippen LogP contribution in [0.5, 0.6) is 5.75 Å². The third-order valence-corrected chi connectivity index (χ3v) is 4.95. The van der Waals surface area contributed by atoms with Gasteiger partial charge in [0.1, 0.15) is 11.6 Å². The van der Waals surface area contributed by atoms with Crippen molar-refractivity contribution in [2.24, 2.45) is 0 Å². The minimum absolute atomic E-state index is 0.112. The Labute approximate surface area is 153 Å². The Hall–Kier alpha value is -2.82. The van der Waals surface area contributed by atoms with Crippen LogP contribution < -0.4 is 9.64 Å². The zero-order chi connectivity index (χ0) is 18.1. The Bertz CT molecular complexity index is 930. The minimum atomic E-state index is 0.112. The number of para-hydroxylation sites is 2. The maximum absolute atomic E-state index is 12.6. The van der Waals surface area contributed by atoms with Gasteiger partial charge in [-0.1, -0.05) is 12.1 Å². The van der Waals surface area contributed by atoms with Crippen LogP contribution in [0.15, 0.2) is 48.5 Å². The summed E-state index contributed by atoms with van der Waals surface area (Å²) >= 11 is 0. The van der Waals surface area contributed by atoms with E-state index in [0.29, 0.717) is 19.6 Å². The lowest BCUT2D eigenvalue weighted by Gasteiger charge is -2.17. The third kappa shape index (κ3) is 2.83. The number of aromatic nitrogens is 2. The fourth-order valence-electron chi connectivity index (χ4n) is 3.76. The first-order chi connectivity index (χ1) is 12.7.